The summed E-state index contributed by atoms with van der Waals surface area (Å²) in [6, 6.07) is 8.48. The van der Waals surface area contributed by atoms with Gasteiger partial charge in [-0.25, -0.2) is 4.98 Å². The molecule has 0 unspecified atom stereocenters. The molecule has 2 aromatic rings. The van der Waals surface area contributed by atoms with Gasteiger partial charge in [-0.15, -0.1) is 0 Å². The van der Waals surface area contributed by atoms with Gasteiger partial charge in [0, 0.05) is 44.2 Å². The Morgan fingerprint density at radius 1 is 1.32 bits per heavy atom. The predicted molar refractivity (Wildman–Crippen MR) is 80.6 cm³/mol. The third-order valence-corrected chi connectivity index (χ3v) is 4.39. The quantitative estimate of drug-likeness (QED) is 0.932. The van der Waals surface area contributed by atoms with E-state index in [0.717, 1.165) is 34.4 Å². The van der Waals surface area contributed by atoms with Crippen LogP contribution in [0.2, 0.25) is 0 Å². The first kappa shape index (κ1) is 12.6. The lowest BCUT2D eigenvalue weighted by Gasteiger charge is -2.12. The topological polar surface area (TPSA) is 47.1 Å². The molecule has 2 N–H and O–H groups in total. The van der Waals surface area contributed by atoms with Crippen LogP contribution in [0.3, 0.4) is 0 Å². The monoisotopic (exact) mass is 274 g/mol. The van der Waals surface area contributed by atoms with E-state index in [1.807, 2.05) is 25.9 Å². The van der Waals surface area contributed by atoms with Gasteiger partial charge >= 0.3 is 0 Å². The van der Waals surface area contributed by atoms with E-state index in [1.165, 1.54) is 5.69 Å². The Bertz CT molecular complexity index is 586. The fourth-order valence-electron chi connectivity index (χ4n) is 2.39. The number of benzene rings is 1. The Labute approximate surface area is 117 Å². The van der Waals surface area contributed by atoms with Crippen molar-refractivity contribution in [2.75, 3.05) is 24.7 Å². The lowest BCUT2D eigenvalue weighted by Crippen LogP contribution is -2.08. The van der Waals surface area contributed by atoms with Crippen LogP contribution in [-0.4, -0.2) is 29.4 Å². The number of aromatic nitrogens is 2. The molecule has 0 fully saturated rings. The normalized spacial score (nSPS) is 13.6. The highest BCUT2D eigenvalue weighted by Gasteiger charge is 2.21. The van der Waals surface area contributed by atoms with Crippen LogP contribution in [0.5, 0.6) is 0 Å². The molecule has 0 saturated carbocycles. The smallest absolute Gasteiger partial charge is 0.168 e. The van der Waals surface area contributed by atoms with Gasteiger partial charge in [-0.1, -0.05) is 23.9 Å². The third kappa shape index (κ3) is 2.13. The van der Waals surface area contributed by atoms with Crippen molar-refractivity contribution >= 4 is 17.4 Å². The summed E-state index contributed by atoms with van der Waals surface area (Å²) in [7, 11) is 4.09. The van der Waals surface area contributed by atoms with Crippen molar-refractivity contribution in [2.24, 2.45) is 5.73 Å². The van der Waals surface area contributed by atoms with Crippen molar-refractivity contribution in [2.45, 2.75) is 18.2 Å². The summed E-state index contributed by atoms with van der Waals surface area (Å²) in [4.78, 5) is 6.83. The highest BCUT2D eigenvalue weighted by Crippen LogP contribution is 2.33. The van der Waals surface area contributed by atoms with Crippen LogP contribution in [0.25, 0.3) is 11.3 Å². The minimum atomic E-state index is 0.540. The van der Waals surface area contributed by atoms with Gasteiger partial charge < -0.3 is 15.2 Å². The van der Waals surface area contributed by atoms with Gasteiger partial charge in [-0.05, 0) is 12.1 Å². The maximum atomic E-state index is 5.91. The molecule has 1 aliphatic rings. The number of thioether (sulfide) groups is 1. The third-order valence-electron chi connectivity index (χ3n) is 3.43. The van der Waals surface area contributed by atoms with Crippen LogP contribution in [-0.2, 0) is 13.1 Å². The summed E-state index contributed by atoms with van der Waals surface area (Å²) in [5.74, 6) is 1.11. The predicted octanol–water partition coefficient (Wildman–Crippen LogP) is 2.18. The molecule has 0 aliphatic carbocycles. The van der Waals surface area contributed by atoms with E-state index in [2.05, 4.69) is 33.7 Å². The molecule has 1 aromatic heterocycles. The molecule has 0 amide bonds. The zero-order chi connectivity index (χ0) is 13.4. The number of fused-ring (bicyclic) bond motifs is 1. The molecule has 5 heteroatoms. The van der Waals surface area contributed by atoms with Crippen LogP contribution >= 0.6 is 11.8 Å². The Morgan fingerprint density at radius 3 is 2.68 bits per heavy atom. The van der Waals surface area contributed by atoms with Crippen LogP contribution < -0.4 is 10.6 Å². The van der Waals surface area contributed by atoms with E-state index < -0.39 is 0 Å². The summed E-state index contributed by atoms with van der Waals surface area (Å²) < 4.78 is 2.25. The fourth-order valence-corrected chi connectivity index (χ4v) is 3.36. The van der Waals surface area contributed by atoms with E-state index in [9.17, 15) is 0 Å². The molecule has 100 valence electrons. The Kier molecular flexibility index (Phi) is 3.24. The van der Waals surface area contributed by atoms with Crippen LogP contribution in [0, 0.1) is 0 Å². The zero-order valence-electron chi connectivity index (χ0n) is 11.3. The highest BCUT2D eigenvalue weighted by molar-refractivity contribution is 7.99. The summed E-state index contributed by atoms with van der Waals surface area (Å²) in [5, 5.41) is 1.10. The number of anilines is 1. The summed E-state index contributed by atoms with van der Waals surface area (Å²) in [6.07, 6.45) is 0. The minimum Gasteiger partial charge on any atom is -0.378 e. The molecule has 0 bridgehead atoms. The van der Waals surface area contributed by atoms with Gasteiger partial charge in [-0.2, -0.15) is 0 Å². The van der Waals surface area contributed by atoms with Crippen LogP contribution in [0.15, 0.2) is 29.4 Å². The van der Waals surface area contributed by atoms with E-state index >= 15 is 0 Å². The van der Waals surface area contributed by atoms with Crippen molar-refractivity contribution in [1.29, 1.82) is 0 Å². The minimum absolute atomic E-state index is 0.540. The van der Waals surface area contributed by atoms with E-state index in [4.69, 9.17) is 10.7 Å². The molecule has 0 spiro atoms. The second kappa shape index (κ2) is 4.90. The average molecular weight is 274 g/mol. The first-order chi connectivity index (χ1) is 9.20. The fraction of sp³-hybridized carbons (Fsp3) is 0.357. The Hall–Kier alpha value is -1.46. The van der Waals surface area contributed by atoms with E-state index in [-0.39, 0.29) is 0 Å². The molecule has 0 radical (unpaired) electrons. The summed E-state index contributed by atoms with van der Waals surface area (Å²) >= 11 is 1.81. The second-order valence-corrected chi connectivity index (χ2v) is 5.90. The van der Waals surface area contributed by atoms with Crippen molar-refractivity contribution in [3.63, 3.8) is 0 Å². The van der Waals surface area contributed by atoms with Gasteiger partial charge in [0.15, 0.2) is 5.16 Å². The van der Waals surface area contributed by atoms with E-state index in [0.29, 0.717) is 6.54 Å². The molecule has 4 nitrogen and oxygen atoms in total. The number of rotatable bonds is 3. The standard InChI is InChI=1S/C14H18N4S/c1-17(2)11-5-3-10(4-6-11)13-12(9-15)18-7-8-19-14(18)16-13/h3-6H,7-9,15H2,1-2H3. The number of nitrogens with two attached hydrogens (primary N) is 1. The van der Waals surface area contributed by atoms with Crippen LogP contribution in [0.1, 0.15) is 5.69 Å². The molecule has 1 aromatic carbocycles. The van der Waals surface area contributed by atoms with Crippen molar-refractivity contribution in [3.8, 4) is 11.3 Å². The largest absolute Gasteiger partial charge is 0.378 e. The Morgan fingerprint density at radius 2 is 2.05 bits per heavy atom. The van der Waals surface area contributed by atoms with Gasteiger partial charge in [0.25, 0.3) is 0 Å². The molecule has 0 atom stereocenters. The van der Waals surface area contributed by atoms with Gasteiger partial charge in [0.05, 0.1) is 11.4 Å². The van der Waals surface area contributed by atoms with Crippen molar-refractivity contribution in [1.82, 2.24) is 9.55 Å². The molecule has 2 heterocycles. The lowest BCUT2D eigenvalue weighted by atomic mass is 10.1. The van der Waals surface area contributed by atoms with Crippen molar-refractivity contribution in [3.05, 3.63) is 30.0 Å². The molecular weight excluding hydrogens is 256 g/mol. The number of imidazole rings is 1. The Balaban J connectivity index is 2.02. The first-order valence-corrected chi connectivity index (χ1v) is 7.39. The SMILES string of the molecule is CN(C)c1ccc(-c2nc3n(c2CN)CCS3)cc1. The summed E-state index contributed by atoms with van der Waals surface area (Å²) in [5.41, 5.74) is 10.4. The molecule has 3 rings (SSSR count). The number of nitrogens with zero attached hydrogens (tertiary/aromatic N) is 3. The molecule has 19 heavy (non-hydrogen) atoms. The first-order valence-electron chi connectivity index (χ1n) is 6.40. The van der Waals surface area contributed by atoms with Gasteiger partial charge in [0.1, 0.15) is 0 Å². The van der Waals surface area contributed by atoms with Gasteiger partial charge in [-0.3, -0.25) is 0 Å². The van der Waals surface area contributed by atoms with Crippen LogP contribution in [0.4, 0.5) is 5.69 Å². The number of hydrogen-bond acceptors (Lipinski definition) is 4. The second-order valence-electron chi connectivity index (χ2n) is 4.84. The average Bonchev–Trinajstić information content (AvgIpc) is 2.98. The highest BCUT2D eigenvalue weighted by atomic mass is 32.2. The zero-order valence-corrected chi connectivity index (χ0v) is 12.1. The molecular formula is C14H18N4S. The summed E-state index contributed by atoms with van der Waals surface area (Å²) in [6.45, 7) is 1.56. The molecule has 1 aliphatic heterocycles. The van der Waals surface area contributed by atoms with Gasteiger partial charge in [0.2, 0.25) is 0 Å². The lowest BCUT2D eigenvalue weighted by molar-refractivity contribution is 0.678. The van der Waals surface area contributed by atoms with Crippen molar-refractivity contribution < 1.29 is 0 Å². The molecule has 0 saturated heterocycles. The number of hydrogen-bond donors (Lipinski definition) is 1. The maximum absolute atomic E-state index is 5.91. The van der Waals surface area contributed by atoms with E-state index in [1.54, 1.807) is 0 Å². The maximum Gasteiger partial charge on any atom is 0.168 e.